The fourth-order valence-corrected chi connectivity index (χ4v) is 2.35. The second-order valence-electron chi connectivity index (χ2n) is 7.09. The summed E-state index contributed by atoms with van der Waals surface area (Å²) in [5, 5.41) is 0. The Hall–Kier alpha value is -0.600. The van der Waals surface area contributed by atoms with Gasteiger partial charge in [-0.05, 0) is 30.6 Å². The minimum Gasteiger partial charge on any atom is -0.462 e. The molecular formula is C16H31FO2. The van der Waals surface area contributed by atoms with Crippen molar-refractivity contribution in [3.63, 3.8) is 0 Å². The third kappa shape index (κ3) is 4.47. The number of esters is 1. The van der Waals surface area contributed by atoms with Gasteiger partial charge < -0.3 is 4.74 Å². The van der Waals surface area contributed by atoms with Crippen molar-refractivity contribution in [1.29, 1.82) is 0 Å². The van der Waals surface area contributed by atoms with Gasteiger partial charge in [0.1, 0.15) is 13.3 Å². The number of hydrogen-bond donors (Lipinski definition) is 0. The summed E-state index contributed by atoms with van der Waals surface area (Å²) in [6, 6.07) is 0. The molecule has 0 aliphatic heterocycles. The Morgan fingerprint density at radius 3 is 1.95 bits per heavy atom. The van der Waals surface area contributed by atoms with E-state index >= 15 is 0 Å². The lowest BCUT2D eigenvalue weighted by molar-refractivity contribution is -0.166. The van der Waals surface area contributed by atoms with Crippen LogP contribution >= 0.6 is 0 Å². The first-order valence-electron chi connectivity index (χ1n) is 7.29. The van der Waals surface area contributed by atoms with Crippen molar-refractivity contribution >= 4 is 5.97 Å². The highest BCUT2D eigenvalue weighted by Crippen LogP contribution is 2.50. The van der Waals surface area contributed by atoms with E-state index in [0.717, 1.165) is 19.3 Å². The largest absolute Gasteiger partial charge is 0.462 e. The van der Waals surface area contributed by atoms with E-state index < -0.39 is 12.1 Å². The lowest BCUT2D eigenvalue weighted by atomic mass is 9.58. The molecule has 0 aromatic carbocycles. The van der Waals surface area contributed by atoms with Crippen molar-refractivity contribution in [2.45, 2.75) is 67.7 Å². The zero-order valence-electron chi connectivity index (χ0n) is 13.7. The van der Waals surface area contributed by atoms with E-state index in [0.29, 0.717) is 0 Å². The fraction of sp³-hybridized carbons (Fsp3) is 0.938. The molecule has 2 nitrogen and oxygen atoms in total. The first kappa shape index (κ1) is 18.4. The zero-order chi connectivity index (χ0) is 15.3. The van der Waals surface area contributed by atoms with Crippen molar-refractivity contribution in [3.05, 3.63) is 0 Å². The van der Waals surface area contributed by atoms with Gasteiger partial charge in [0.05, 0.1) is 5.41 Å². The number of carbonyl (C=O) groups excluding carboxylic acids is 1. The van der Waals surface area contributed by atoms with Crippen LogP contribution in [0.5, 0.6) is 0 Å². The molecule has 0 N–H and O–H groups in total. The molecule has 0 heterocycles. The maximum Gasteiger partial charge on any atom is 0.312 e. The van der Waals surface area contributed by atoms with Crippen LogP contribution in [0.1, 0.15) is 67.7 Å². The van der Waals surface area contributed by atoms with Gasteiger partial charge in [0.2, 0.25) is 0 Å². The summed E-state index contributed by atoms with van der Waals surface area (Å²) in [6.45, 7) is 13.9. The first-order valence-corrected chi connectivity index (χ1v) is 7.29. The Morgan fingerprint density at radius 1 is 1.05 bits per heavy atom. The molecule has 0 aromatic rings. The number of carbonyl (C=O) groups is 1. The maximum atomic E-state index is 12.4. The molecule has 0 aliphatic carbocycles. The Morgan fingerprint density at radius 2 is 1.58 bits per heavy atom. The number of ether oxygens (including phenoxy) is 1. The molecule has 0 amide bonds. The Kier molecular flexibility index (Phi) is 6.50. The van der Waals surface area contributed by atoms with Crippen molar-refractivity contribution < 1.29 is 13.9 Å². The molecule has 3 heteroatoms. The average Bonchev–Trinajstić information content (AvgIpc) is 2.34. The van der Waals surface area contributed by atoms with Crippen LogP contribution in [0, 0.1) is 16.2 Å². The van der Waals surface area contributed by atoms with Gasteiger partial charge in [-0.3, -0.25) is 4.79 Å². The Bertz CT molecular complexity index is 297. The van der Waals surface area contributed by atoms with Crippen LogP contribution in [0.25, 0.3) is 0 Å². The van der Waals surface area contributed by atoms with Gasteiger partial charge in [-0.1, -0.05) is 48.0 Å². The van der Waals surface area contributed by atoms with E-state index in [1.54, 1.807) is 0 Å². The summed E-state index contributed by atoms with van der Waals surface area (Å²) in [5.41, 5.74) is -0.695. The van der Waals surface area contributed by atoms with Crippen LogP contribution in [0.15, 0.2) is 0 Å². The second-order valence-corrected chi connectivity index (χ2v) is 7.09. The summed E-state index contributed by atoms with van der Waals surface area (Å²) < 4.78 is 17.4. The van der Waals surface area contributed by atoms with Crippen molar-refractivity contribution in [2.24, 2.45) is 16.2 Å². The van der Waals surface area contributed by atoms with Gasteiger partial charge in [-0.15, -0.1) is 0 Å². The molecule has 1 unspecified atom stereocenters. The van der Waals surface area contributed by atoms with Gasteiger partial charge in [-0.2, -0.15) is 0 Å². The quantitative estimate of drug-likeness (QED) is 0.596. The van der Waals surface area contributed by atoms with Crippen LogP contribution < -0.4 is 0 Å². The normalized spacial score (nSPS) is 16.0. The molecule has 114 valence electrons. The number of halogens is 1. The van der Waals surface area contributed by atoms with Crippen molar-refractivity contribution in [2.75, 3.05) is 13.3 Å². The highest BCUT2D eigenvalue weighted by molar-refractivity contribution is 5.77. The molecule has 1 atom stereocenters. The van der Waals surface area contributed by atoms with Crippen LogP contribution in [0.2, 0.25) is 0 Å². The molecule has 0 bridgehead atoms. The van der Waals surface area contributed by atoms with Crippen molar-refractivity contribution in [3.8, 4) is 0 Å². The lowest BCUT2D eigenvalue weighted by Gasteiger charge is -2.45. The lowest BCUT2D eigenvalue weighted by Crippen LogP contribution is -2.46. The highest BCUT2D eigenvalue weighted by atomic mass is 19.1. The fourth-order valence-electron chi connectivity index (χ4n) is 2.35. The molecule has 0 spiro atoms. The SMILES string of the molecule is CCC(C)(C)CC(C)(C(=O)OCCF)C(C)(C)CC. The monoisotopic (exact) mass is 274 g/mol. The summed E-state index contributed by atoms with van der Waals surface area (Å²) in [6.07, 6.45) is 2.63. The second kappa shape index (κ2) is 6.71. The number of alkyl halides is 1. The molecule has 0 saturated carbocycles. The summed E-state index contributed by atoms with van der Waals surface area (Å²) in [5.74, 6) is -0.265. The van der Waals surface area contributed by atoms with Gasteiger partial charge in [0.15, 0.2) is 0 Å². The van der Waals surface area contributed by atoms with Gasteiger partial charge in [0, 0.05) is 0 Å². The van der Waals surface area contributed by atoms with Crippen LogP contribution in [0.4, 0.5) is 4.39 Å². The first-order chi connectivity index (χ1) is 8.56. The van der Waals surface area contributed by atoms with Gasteiger partial charge in [0.25, 0.3) is 0 Å². The van der Waals surface area contributed by atoms with E-state index in [9.17, 15) is 9.18 Å². The van der Waals surface area contributed by atoms with Crippen LogP contribution in [0.3, 0.4) is 0 Å². The van der Waals surface area contributed by atoms with E-state index in [1.165, 1.54) is 0 Å². The standard InChI is InChI=1S/C16H31FO2/c1-8-14(3,4)12-16(7,15(5,6)9-2)13(18)19-11-10-17/h8-12H2,1-7H3. The maximum absolute atomic E-state index is 12.4. The number of hydrogen-bond acceptors (Lipinski definition) is 2. The van der Waals surface area contributed by atoms with Crippen LogP contribution in [-0.2, 0) is 9.53 Å². The molecule has 0 saturated heterocycles. The van der Waals surface area contributed by atoms with E-state index in [1.807, 2.05) is 6.92 Å². The molecule has 19 heavy (non-hydrogen) atoms. The number of rotatable bonds is 8. The van der Waals surface area contributed by atoms with Crippen LogP contribution in [-0.4, -0.2) is 19.3 Å². The Balaban J connectivity index is 5.31. The minimum atomic E-state index is -0.619. The summed E-state index contributed by atoms with van der Waals surface area (Å²) >= 11 is 0. The molecular weight excluding hydrogens is 243 g/mol. The average molecular weight is 274 g/mol. The van der Waals surface area contributed by atoms with Crippen molar-refractivity contribution in [1.82, 2.24) is 0 Å². The van der Waals surface area contributed by atoms with E-state index in [2.05, 4.69) is 41.5 Å². The topological polar surface area (TPSA) is 26.3 Å². The van der Waals surface area contributed by atoms with E-state index in [-0.39, 0.29) is 23.4 Å². The minimum absolute atomic E-state index is 0.0654. The summed E-state index contributed by atoms with van der Waals surface area (Å²) in [7, 11) is 0. The highest BCUT2D eigenvalue weighted by Gasteiger charge is 2.49. The predicted molar refractivity (Wildman–Crippen MR) is 77.8 cm³/mol. The summed E-state index contributed by atoms with van der Waals surface area (Å²) in [4.78, 5) is 12.4. The van der Waals surface area contributed by atoms with E-state index in [4.69, 9.17) is 4.74 Å². The third-order valence-electron chi connectivity index (χ3n) is 4.93. The molecule has 0 radical (unpaired) electrons. The third-order valence-corrected chi connectivity index (χ3v) is 4.93. The molecule has 0 rings (SSSR count). The molecule has 0 aliphatic rings. The zero-order valence-corrected chi connectivity index (χ0v) is 13.7. The predicted octanol–water partition coefficient (Wildman–Crippen LogP) is 4.77. The Labute approximate surface area is 118 Å². The van der Waals surface area contributed by atoms with Gasteiger partial charge >= 0.3 is 5.97 Å². The molecule has 0 aromatic heterocycles. The molecule has 0 fully saturated rings. The van der Waals surface area contributed by atoms with Gasteiger partial charge in [-0.25, -0.2) is 4.39 Å². The smallest absolute Gasteiger partial charge is 0.312 e.